The molecule has 122 valence electrons. The topological polar surface area (TPSA) is 80.6 Å². The van der Waals surface area contributed by atoms with E-state index in [1.54, 1.807) is 12.1 Å². The lowest BCUT2D eigenvalue weighted by Gasteiger charge is -2.09. The van der Waals surface area contributed by atoms with Gasteiger partial charge in [0.15, 0.2) is 5.75 Å². The van der Waals surface area contributed by atoms with Crippen LogP contribution in [0.1, 0.15) is 16.8 Å². The van der Waals surface area contributed by atoms with Gasteiger partial charge in [0.1, 0.15) is 5.75 Å². The molecule has 0 atom stereocenters. The molecule has 2 N–H and O–H groups in total. The average molecular weight is 337 g/mol. The lowest BCUT2D eigenvalue weighted by atomic mass is 10.2. The number of aromatic hydroxyl groups is 1. The second-order valence-corrected chi connectivity index (χ2v) is 5.29. The third kappa shape index (κ3) is 4.26. The maximum atomic E-state index is 11.9. The fourth-order valence-corrected chi connectivity index (χ4v) is 2.10. The van der Waals surface area contributed by atoms with Crippen LogP contribution >= 0.6 is 11.6 Å². The number of carbonyl (C=O) groups is 1. The SMILES string of the molecule is Cn1ccc(C(=O)NCCCOc2ccccc2Cl)c(O)c1=O. The van der Waals surface area contributed by atoms with Crippen molar-refractivity contribution in [2.24, 2.45) is 7.05 Å². The van der Waals surface area contributed by atoms with Crippen molar-refractivity contribution >= 4 is 17.5 Å². The maximum Gasteiger partial charge on any atom is 0.293 e. The average Bonchev–Trinajstić information content (AvgIpc) is 2.54. The van der Waals surface area contributed by atoms with Gasteiger partial charge < -0.3 is 19.7 Å². The molecule has 7 heteroatoms. The second kappa shape index (κ2) is 7.69. The van der Waals surface area contributed by atoms with E-state index in [2.05, 4.69) is 5.32 Å². The summed E-state index contributed by atoms with van der Waals surface area (Å²) in [4.78, 5) is 23.5. The molecule has 0 aliphatic heterocycles. The van der Waals surface area contributed by atoms with Crippen LogP contribution in [0.4, 0.5) is 0 Å². The molecule has 2 rings (SSSR count). The van der Waals surface area contributed by atoms with E-state index in [9.17, 15) is 14.7 Å². The van der Waals surface area contributed by atoms with Gasteiger partial charge in [-0.3, -0.25) is 9.59 Å². The normalized spacial score (nSPS) is 10.3. The van der Waals surface area contributed by atoms with Crippen LogP contribution in [-0.4, -0.2) is 28.7 Å². The number of benzene rings is 1. The van der Waals surface area contributed by atoms with Crippen LogP contribution in [0.5, 0.6) is 11.5 Å². The minimum absolute atomic E-state index is 0.0416. The van der Waals surface area contributed by atoms with Crippen LogP contribution in [0.2, 0.25) is 5.02 Å². The van der Waals surface area contributed by atoms with Crippen LogP contribution in [0.15, 0.2) is 41.3 Å². The molecule has 1 amide bonds. The van der Waals surface area contributed by atoms with E-state index in [-0.39, 0.29) is 5.56 Å². The van der Waals surface area contributed by atoms with Crippen molar-refractivity contribution in [3.63, 3.8) is 0 Å². The Kier molecular flexibility index (Phi) is 5.65. The number of hydrogen-bond donors (Lipinski definition) is 2. The van der Waals surface area contributed by atoms with Gasteiger partial charge >= 0.3 is 0 Å². The first-order valence-corrected chi connectivity index (χ1v) is 7.42. The van der Waals surface area contributed by atoms with Crippen molar-refractivity contribution < 1.29 is 14.6 Å². The lowest BCUT2D eigenvalue weighted by molar-refractivity contribution is 0.0948. The molecule has 0 spiro atoms. The molecular formula is C16H17ClN2O4. The van der Waals surface area contributed by atoms with Crippen LogP contribution < -0.4 is 15.6 Å². The van der Waals surface area contributed by atoms with Crippen molar-refractivity contribution in [1.29, 1.82) is 0 Å². The number of ether oxygens (including phenoxy) is 1. The van der Waals surface area contributed by atoms with Crippen molar-refractivity contribution in [2.45, 2.75) is 6.42 Å². The Morgan fingerprint density at radius 3 is 2.83 bits per heavy atom. The largest absolute Gasteiger partial charge is 0.502 e. The summed E-state index contributed by atoms with van der Waals surface area (Å²) in [6.07, 6.45) is 1.99. The molecule has 1 aromatic carbocycles. The minimum Gasteiger partial charge on any atom is -0.502 e. The quantitative estimate of drug-likeness (QED) is 0.790. The summed E-state index contributed by atoms with van der Waals surface area (Å²) in [7, 11) is 1.50. The first-order valence-electron chi connectivity index (χ1n) is 7.05. The Morgan fingerprint density at radius 2 is 2.09 bits per heavy atom. The van der Waals surface area contributed by atoms with E-state index in [0.29, 0.717) is 30.3 Å². The highest BCUT2D eigenvalue weighted by Crippen LogP contribution is 2.22. The van der Waals surface area contributed by atoms with E-state index < -0.39 is 17.2 Å². The van der Waals surface area contributed by atoms with Crippen LogP contribution in [0, 0.1) is 0 Å². The number of aromatic nitrogens is 1. The molecule has 0 aliphatic rings. The Morgan fingerprint density at radius 1 is 1.35 bits per heavy atom. The molecule has 2 aromatic rings. The van der Waals surface area contributed by atoms with Gasteiger partial charge in [0.25, 0.3) is 11.5 Å². The Hall–Kier alpha value is -2.47. The predicted molar refractivity (Wildman–Crippen MR) is 87.2 cm³/mol. The fraction of sp³-hybridized carbons (Fsp3) is 0.250. The van der Waals surface area contributed by atoms with E-state index in [1.165, 1.54) is 23.9 Å². The molecule has 0 aliphatic carbocycles. The Labute approximate surface area is 138 Å². The molecule has 23 heavy (non-hydrogen) atoms. The first-order chi connectivity index (χ1) is 11.0. The number of aryl methyl sites for hydroxylation is 1. The molecule has 6 nitrogen and oxygen atoms in total. The van der Waals surface area contributed by atoms with E-state index in [1.807, 2.05) is 12.1 Å². The van der Waals surface area contributed by atoms with E-state index >= 15 is 0 Å². The molecule has 0 radical (unpaired) electrons. The summed E-state index contributed by atoms with van der Waals surface area (Å²) in [5.41, 5.74) is -0.653. The number of amides is 1. The smallest absolute Gasteiger partial charge is 0.293 e. The molecule has 0 saturated heterocycles. The van der Waals surface area contributed by atoms with Crippen LogP contribution in [-0.2, 0) is 7.05 Å². The van der Waals surface area contributed by atoms with Gasteiger partial charge in [-0.2, -0.15) is 0 Å². The summed E-state index contributed by atoms with van der Waals surface area (Å²) >= 11 is 5.96. The van der Waals surface area contributed by atoms with Gasteiger partial charge in [-0.1, -0.05) is 23.7 Å². The number of para-hydroxylation sites is 1. The molecule has 0 fully saturated rings. The van der Waals surface area contributed by atoms with Gasteiger partial charge in [0.2, 0.25) is 0 Å². The standard InChI is InChI=1S/C16H17ClN2O4/c1-19-9-7-11(14(20)16(19)22)15(21)18-8-4-10-23-13-6-3-2-5-12(13)17/h2-3,5-7,9,20H,4,8,10H2,1H3,(H,18,21). The summed E-state index contributed by atoms with van der Waals surface area (Å²) in [5.74, 6) is -0.470. The molecular weight excluding hydrogens is 320 g/mol. The summed E-state index contributed by atoms with van der Waals surface area (Å²) in [6.45, 7) is 0.727. The monoisotopic (exact) mass is 336 g/mol. The van der Waals surface area contributed by atoms with Crippen LogP contribution in [0.3, 0.4) is 0 Å². The second-order valence-electron chi connectivity index (χ2n) is 4.88. The fourth-order valence-electron chi connectivity index (χ4n) is 1.91. The van der Waals surface area contributed by atoms with Crippen molar-refractivity contribution in [3.8, 4) is 11.5 Å². The van der Waals surface area contributed by atoms with Gasteiger partial charge in [-0.05, 0) is 24.6 Å². The Balaban J connectivity index is 1.81. The highest BCUT2D eigenvalue weighted by Gasteiger charge is 2.14. The van der Waals surface area contributed by atoms with Gasteiger partial charge in [0.05, 0.1) is 17.2 Å². The summed E-state index contributed by atoms with van der Waals surface area (Å²) in [5, 5.41) is 12.9. The van der Waals surface area contributed by atoms with Crippen molar-refractivity contribution in [2.75, 3.05) is 13.2 Å². The zero-order valence-corrected chi connectivity index (χ0v) is 13.3. The van der Waals surface area contributed by atoms with Gasteiger partial charge in [0, 0.05) is 19.8 Å². The molecule has 1 aromatic heterocycles. The number of nitrogens with zero attached hydrogens (tertiary/aromatic N) is 1. The lowest BCUT2D eigenvalue weighted by Crippen LogP contribution is -2.28. The first kappa shape index (κ1) is 16.9. The van der Waals surface area contributed by atoms with Crippen molar-refractivity contribution in [1.82, 2.24) is 9.88 Å². The number of pyridine rings is 1. The van der Waals surface area contributed by atoms with E-state index in [0.717, 1.165) is 0 Å². The minimum atomic E-state index is -0.611. The number of carbonyl (C=O) groups excluding carboxylic acids is 1. The molecule has 0 saturated carbocycles. The summed E-state index contributed by atoms with van der Waals surface area (Å²) in [6, 6.07) is 8.52. The Bertz CT molecular complexity index is 758. The maximum absolute atomic E-state index is 11.9. The highest BCUT2D eigenvalue weighted by molar-refractivity contribution is 6.32. The van der Waals surface area contributed by atoms with Gasteiger partial charge in [-0.15, -0.1) is 0 Å². The zero-order valence-electron chi connectivity index (χ0n) is 12.6. The highest BCUT2D eigenvalue weighted by atomic mass is 35.5. The number of nitrogens with one attached hydrogen (secondary N) is 1. The third-order valence-corrected chi connectivity index (χ3v) is 3.50. The number of rotatable bonds is 6. The number of halogens is 1. The van der Waals surface area contributed by atoms with Crippen molar-refractivity contribution in [3.05, 3.63) is 57.5 Å². The third-order valence-electron chi connectivity index (χ3n) is 3.19. The molecule has 0 unspecified atom stereocenters. The predicted octanol–water partition coefficient (Wildman–Crippen LogP) is 1.94. The molecule has 0 bridgehead atoms. The summed E-state index contributed by atoms with van der Waals surface area (Å²) < 4.78 is 6.69. The number of hydrogen-bond acceptors (Lipinski definition) is 4. The van der Waals surface area contributed by atoms with Crippen LogP contribution in [0.25, 0.3) is 0 Å². The van der Waals surface area contributed by atoms with E-state index in [4.69, 9.17) is 16.3 Å². The van der Waals surface area contributed by atoms with Gasteiger partial charge in [-0.25, -0.2) is 0 Å². The molecule has 1 heterocycles. The zero-order chi connectivity index (χ0) is 16.8.